The molecule has 0 radical (unpaired) electrons. The number of azo groups is 2. The first-order valence-corrected chi connectivity index (χ1v) is 25.4. The van der Waals surface area contributed by atoms with E-state index in [0.717, 1.165) is 23.6 Å². The molecule has 7 aromatic rings. The molecule has 5 aromatic carbocycles. The largest absolute Gasteiger partial charge is 0.352 e. The summed E-state index contributed by atoms with van der Waals surface area (Å²) >= 11 is 0. The number of nitrogens with zero attached hydrogens (tertiary/aromatic N) is 10. The van der Waals surface area contributed by atoms with Crippen molar-refractivity contribution in [3.05, 3.63) is 132 Å². The molecule has 1 atom stereocenters. The summed E-state index contributed by atoms with van der Waals surface area (Å²) in [7, 11) is -13.4. The van der Waals surface area contributed by atoms with Crippen LogP contribution in [0.2, 0.25) is 0 Å². The molecule has 0 fully saturated rings. The van der Waals surface area contributed by atoms with E-state index in [1.54, 1.807) is 6.92 Å². The van der Waals surface area contributed by atoms with Gasteiger partial charge in [0.25, 0.3) is 20.2 Å². The molecule has 4 amide bonds. The second-order valence-corrected chi connectivity index (χ2v) is 20.2. The first-order valence-electron chi connectivity index (χ1n) is 21.0. The lowest BCUT2D eigenvalue weighted by Gasteiger charge is -2.14. The van der Waals surface area contributed by atoms with Crippen LogP contribution in [0.4, 0.5) is 70.1 Å². The average Bonchev–Trinajstić information content (AvgIpc) is 3.31. The maximum absolute atomic E-state index is 14.8. The number of benzene rings is 5. The number of hydrogen-bond acceptors (Lipinski definition) is 20. The summed E-state index contributed by atoms with van der Waals surface area (Å²) in [5.41, 5.74) is 11.2. The van der Waals surface area contributed by atoms with Gasteiger partial charge in [0.2, 0.25) is 11.9 Å². The van der Waals surface area contributed by atoms with Crippen LogP contribution in [-0.4, -0.2) is 82.4 Å². The molecule has 2 heterocycles. The molecule has 0 bridgehead atoms. The topological polar surface area (TPSA) is 404 Å². The Bertz CT molecular complexity index is 3780. The van der Waals surface area contributed by atoms with Gasteiger partial charge in [-0.15, -0.1) is 15.3 Å². The molecule has 0 spiro atoms. The molecule has 0 aliphatic rings. The molecule has 10 N–H and O–H groups in total. The fourth-order valence-corrected chi connectivity index (χ4v) is 8.84. The predicted molar refractivity (Wildman–Crippen MR) is 262 cm³/mol. The van der Waals surface area contributed by atoms with E-state index in [-0.39, 0.29) is 92.6 Å². The van der Waals surface area contributed by atoms with Crippen molar-refractivity contribution >= 4 is 105 Å². The highest BCUT2D eigenvalue weighted by molar-refractivity contribution is 7.94. The summed E-state index contributed by atoms with van der Waals surface area (Å²) in [5, 5.41) is 27.3. The molecule has 382 valence electrons. The predicted octanol–water partition coefficient (Wildman–Crippen LogP) is 7.48. The van der Waals surface area contributed by atoms with Crippen LogP contribution in [0.3, 0.4) is 0 Å². The lowest BCUT2D eigenvalue weighted by molar-refractivity contribution is 0.258. The number of rotatable bonds is 19. The van der Waals surface area contributed by atoms with E-state index >= 15 is 0 Å². The highest BCUT2D eigenvalue weighted by atomic mass is 32.2. The van der Waals surface area contributed by atoms with Gasteiger partial charge in [-0.05, 0) is 97.1 Å². The first-order chi connectivity index (χ1) is 34.9. The van der Waals surface area contributed by atoms with Crippen molar-refractivity contribution in [1.29, 1.82) is 0 Å². The summed E-state index contributed by atoms with van der Waals surface area (Å²) < 4.78 is 122. The zero-order valence-electron chi connectivity index (χ0n) is 37.9. The van der Waals surface area contributed by atoms with Gasteiger partial charge in [-0.1, -0.05) is 24.8 Å². The number of aromatic nitrogens is 6. The Morgan fingerprint density at radius 2 is 1.30 bits per heavy atom. The number of nitrogens with two attached hydrogens (primary N) is 2. The summed E-state index contributed by atoms with van der Waals surface area (Å²) in [5.74, 6) is -0.434. The maximum atomic E-state index is 14.8. The molecule has 2 aromatic heterocycles. The molecular weight excluding hydrogens is 1030 g/mol. The maximum Gasteiger partial charge on any atom is 0.316 e. The van der Waals surface area contributed by atoms with Gasteiger partial charge in [-0.25, -0.2) is 23.0 Å². The number of urea groups is 2. The van der Waals surface area contributed by atoms with Crippen molar-refractivity contribution in [3.8, 4) is 0 Å². The number of sulfone groups is 1. The number of nitrogens with one attached hydrogen (secondary N) is 4. The monoisotopic (exact) mass is 1070 g/mol. The number of hydrogen-bond donors (Lipinski definition) is 8. The molecule has 31 heteroatoms. The molecule has 1 unspecified atom stereocenters. The van der Waals surface area contributed by atoms with Crippen LogP contribution in [-0.2, 0) is 42.9 Å². The Morgan fingerprint density at radius 3 is 1.96 bits per heavy atom. The van der Waals surface area contributed by atoms with Crippen LogP contribution < -0.4 is 32.7 Å². The van der Waals surface area contributed by atoms with Crippen LogP contribution in [0.25, 0.3) is 10.8 Å². The van der Waals surface area contributed by atoms with E-state index < -0.39 is 75.8 Å². The standard InChI is InChI=1S/C43H38F2N16O10S3/c1-3-72(64,65)27-12-9-25(10-13-27)58-59-30-15-11-26(20-32(30)51-41(47)63)49-43-56-39(45)55-42(57-43)48-22(2)7-16-36-52-37(54-38(44)53-36)18-23-8-14-29(31(17-23)50-40(46)62)60-61-33-21-28-24(19-35(33)74(69,70)71)5-4-6-34(28)73(66,67)68/h3-6,8-15,17,19-22H,1,7,16,18H2,2H3,(H3,46,50,62)(H3,47,51,63)(H,66,67,68)(H,69,70,71)(H2,48,49,55,56,57). The van der Waals surface area contributed by atoms with Gasteiger partial charge in [-0.3, -0.25) is 9.11 Å². The minimum absolute atomic E-state index is 0.00504. The summed E-state index contributed by atoms with van der Waals surface area (Å²) in [6, 6.07) is 17.1. The minimum Gasteiger partial charge on any atom is -0.352 e. The highest BCUT2D eigenvalue weighted by Gasteiger charge is 2.22. The second kappa shape index (κ2) is 21.8. The Balaban J connectivity index is 1.02. The van der Waals surface area contributed by atoms with E-state index in [1.807, 2.05) is 0 Å². The van der Waals surface area contributed by atoms with E-state index in [0.29, 0.717) is 5.56 Å². The van der Waals surface area contributed by atoms with Crippen molar-refractivity contribution in [1.82, 2.24) is 29.9 Å². The third-order valence-electron chi connectivity index (χ3n) is 10.1. The quantitative estimate of drug-likeness (QED) is 0.0287. The Labute approximate surface area is 418 Å². The Hall–Kier alpha value is -8.91. The van der Waals surface area contributed by atoms with Gasteiger partial charge in [-0.2, -0.15) is 55.7 Å². The highest BCUT2D eigenvalue weighted by Crippen LogP contribution is 2.36. The van der Waals surface area contributed by atoms with E-state index in [4.69, 9.17) is 11.5 Å². The zero-order chi connectivity index (χ0) is 53.5. The second-order valence-electron chi connectivity index (χ2n) is 15.5. The van der Waals surface area contributed by atoms with Crippen molar-refractivity contribution < 1.29 is 52.7 Å². The first kappa shape index (κ1) is 52.9. The van der Waals surface area contributed by atoms with E-state index in [1.165, 1.54) is 72.8 Å². The van der Waals surface area contributed by atoms with Gasteiger partial charge >= 0.3 is 24.2 Å². The number of amides is 4. The van der Waals surface area contributed by atoms with Crippen LogP contribution in [0.15, 0.2) is 138 Å². The fourth-order valence-electron chi connectivity index (χ4n) is 6.79. The number of primary amides is 2. The number of carbonyl (C=O) groups excluding carboxylic acids is 2. The number of fused-ring (bicyclic) bond motifs is 1. The average molecular weight is 1070 g/mol. The summed E-state index contributed by atoms with van der Waals surface area (Å²) in [6.07, 6.45) is -2.10. The van der Waals surface area contributed by atoms with Crippen LogP contribution >= 0.6 is 0 Å². The van der Waals surface area contributed by atoms with Gasteiger partial charge in [0.05, 0.1) is 22.0 Å². The minimum atomic E-state index is -4.97. The molecule has 26 nitrogen and oxygen atoms in total. The Morgan fingerprint density at radius 1 is 0.689 bits per heavy atom. The SMILES string of the molecule is C=CS(=O)(=O)c1ccc(N=Nc2ccc(Nc3nc(F)nc(NC(C)CCc4nc(F)nc(Cc5ccc(N=Nc6cc7c(S(=O)(=O)O)cccc7cc6S(=O)(=O)O)c(NC(N)=O)c5)n4)n3)cc2NC(N)=O)cc1. The van der Waals surface area contributed by atoms with Crippen molar-refractivity contribution in [2.24, 2.45) is 31.9 Å². The molecule has 0 saturated carbocycles. The van der Waals surface area contributed by atoms with Gasteiger partial charge < -0.3 is 32.7 Å². The smallest absolute Gasteiger partial charge is 0.316 e. The van der Waals surface area contributed by atoms with Crippen molar-refractivity contribution in [2.45, 2.75) is 46.9 Å². The lowest BCUT2D eigenvalue weighted by atomic mass is 10.1. The number of aryl methyl sites for hydroxylation is 1. The van der Waals surface area contributed by atoms with Gasteiger partial charge in [0.1, 0.15) is 38.5 Å². The molecular formula is C43H38F2N16O10S3. The molecule has 0 aliphatic carbocycles. The molecule has 0 aliphatic heterocycles. The number of halogens is 2. The third-order valence-corrected chi connectivity index (χ3v) is 13.2. The Kier molecular flexibility index (Phi) is 15.6. The van der Waals surface area contributed by atoms with E-state index in [2.05, 4.69) is 78.2 Å². The fraction of sp³-hybridized carbons (Fsp3) is 0.116. The molecule has 7 rings (SSSR count). The van der Waals surface area contributed by atoms with Crippen molar-refractivity contribution in [2.75, 3.05) is 21.3 Å². The van der Waals surface area contributed by atoms with Crippen LogP contribution in [0.1, 0.15) is 30.6 Å². The van der Waals surface area contributed by atoms with Gasteiger partial charge in [0.15, 0.2) is 9.84 Å². The van der Waals surface area contributed by atoms with Crippen LogP contribution in [0, 0.1) is 12.2 Å². The molecule has 74 heavy (non-hydrogen) atoms. The number of carbonyl (C=O) groups is 2. The van der Waals surface area contributed by atoms with Crippen molar-refractivity contribution in [3.63, 3.8) is 0 Å². The zero-order valence-corrected chi connectivity index (χ0v) is 40.4. The normalized spacial score (nSPS) is 12.4. The van der Waals surface area contributed by atoms with Gasteiger partial charge in [0, 0.05) is 35.4 Å². The summed E-state index contributed by atoms with van der Waals surface area (Å²) in [4.78, 5) is 46.0. The van der Waals surface area contributed by atoms with E-state index in [9.17, 15) is 52.7 Å². The third kappa shape index (κ3) is 13.7. The summed E-state index contributed by atoms with van der Waals surface area (Å²) in [6.45, 7) is 4.99. The number of anilines is 5. The van der Waals surface area contributed by atoms with Crippen LogP contribution in [0.5, 0.6) is 0 Å². The molecule has 0 saturated heterocycles. The lowest BCUT2D eigenvalue weighted by Crippen LogP contribution is -2.20.